The Morgan fingerprint density at radius 2 is 0.812 bits per heavy atom. The molecule has 0 saturated carbocycles. The summed E-state index contributed by atoms with van der Waals surface area (Å²) in [5, 5.41) is 0. The number of rotatable bonds is 35. The van der Waals surface area contributed by atoms with Crippen LogP contribution in [0.2, 0.25) is 0 Å². The first-order valence-electron chi connectivity index (χ1n) is 21.9. The second-order valence-electron chi connectivity index (χ2n) is 15.4. The molecule has 276 valence electrons. The highest BCUT2D eigenvalue weighted by Crippen LogP contribution is 2.36. The Hall–Kier alpha value is -1.57. The van der Waals surface area contributed by atoms with Gasteiger partial charge >= 0.3 is 0 Å². The molecule has 48 heavy (non-hydrogen) atoms. The van der Waals surface area contributed by atoms with Crippen molar-refractivity contribution in [2.45, 2.75) is 238 Å². The van der Waals surface area contributed by atoms with Crippen LogP contribution in [-0.4, -0.2) is 9.55 Å². The van der Waals surface area contributed by atoms with E-state index in [9.17, 15) is 0 Å². The smallest absolute Gasteiger partial charge is 0.0951 e. The third kappa shape index (κ3) is 20.8. The monoisotopic (exact) mass is 663 g/mol. The van der Waals surface area contributed by atoms with E-state index in [2.05, 4.69) is 60.8 Å². The van der Waals surface area contributed by atoms with Crippen molar-refractivity contribution in [3.63, 3.8) is 0 Å². The fourth-order valence-corrected chi connectivity index (χ4v) is 8.03. The first kappa shape index (κ1) is 42.6. The molecule has 0 bridgehead atoms. The van der Waals surface area contributed by atoms with Gasteiger partial charge in [-0.05, 0) is 36.3 Å². The Morgan fingerprint density at radius 3 is 1.15 bits per heavy atom. The van der Waals surface area contributed by atoms with Gasteiger partial charge in [-0.2, -0.15) is 0 Å². The maximum Gasteiger partial charge on any atom is 0.0951 e. The molecule has 0 saturated heterocycles. The lowest BCUT2D eigenvalue weighted by Gasteiger charge is -2.26. The molecule has 0 fully saturated rings. The Balaban J connectivity index is 1.68. The number of nitrogens with zero attached hydrogens (tertiary/aromatic N) is 2. The van der Waals surface area contributed by atoms with Gasteiger partial charge in [0.2, 0.25) is 0 Å². The molecule has 0 N–H and O–H groups in total. The van der Waals surface area contributed by atoms with Gasteiger partial charge in [0, 0.05) is 12.4 Å². The van der Waals surface area contributed by atoms with Gasteiger partial charge in [-0.1, -0.05) is 231 Å². The predicted octanol–water partition coefficient (Wildman–Crippen LogP) is 16.1. The van der Waals surface area contributed by atoms with E-state index in [0.29, 0.717) is 12.0 Å². The summed E-state index contributed by atoms with van der Waals surface area (Å²) in [4.78, 5) is 4.39. The Morgan fingerprint density at radius 1 is 0.458 bits per heavy atom. The number of unbranched alkanes of at least 4 members (excludes halogenated alkanes) is 27. The molecule has 2 nitrogen and oxygen atoms in total. The van der Waals surface area contributed by atoms with E-state index in [-0.39, 0.29) is 0 Å². The van der Waals surface area contributed by atoms with Crippen molar-refractivity contribution in [1.82, 2.24) is 9.55 Å². The van der Waals surface area contributed by atoms with E-state index >= 15 is 0 Å². The van der Waals surface area contributed by atoms with Crippen LogP contribution in [0, 0.1) is 0 Å². The summed E-state index contributed by atoms with van der Waals surface area (Å²) in [7, 11) is 0. The fourth-order valence-electron chi connectivity index (χ4n) is 8.03. The highest BCUT2D eigenvalue weighted by atomic mass is 15.0. The molecule has 0 aliphatic carbocycles. The number of aromatic nitrogens is 2. The third-order valence-corrected chi connectivity index (χ3v) is 11.1. The zero-order valence-electron chi connectivity index (χ0n) is 32.7. The van der Waals surface area contributed by atoms with Crippen LogP contribution in [0.25, 0.3) is 0 Å². The number of hydrogen-bond acceptors (Lipinski definition) is 1. The maximum absolute atomic E-state index is 4.39. The van der Waals surface area contributed by atoms with Crippen molar-refractivity contribution < 1.29 is 0 Å². The highest BCUT2D eigenvalue weighted by molar-refractivity contribution is 5.33. The lowest BCUT2D eigenvalue weighted by atomic mass is 9.83. The van der Waals surface area contributed by atoms with Crippen molar-refractivity contribution in [2.75, 3.05) is 0 Å². The van der Waals surface area contributed by atoms with Gasteiger partial charge < -0.3 is 4.57 Å². The minimum absolute atomic E-state index is 0.392. The van der Waals surface area contributed by atoms with Crippen LogP contribution < -0.4 is 0 Å². The van der Waals surface area contributed by atoms with E-state index in [1.54, 1.807) is 5.56 Å². The van der Waals surface area contributed by atoms with E-state index in [4.69, 9.17) is 0 Å². The average molecular weight is 663 g/mol. The molecule has 2 heteroatoms. The van der Waals surface area contributed by atoms with E-state index in [0.717, 1.165) is 6.42 Å². The van der Waals surface area contributed by atoms with Gasteiger partial charge in [0.15, 0.2) is 0 Å². The number of imidazole rings is 1. The zero-order valence-corrected chi connectivity index (χ0v) is 32.7. The molecular formula is C46H82N2. The first-order chi connectivity index (χ1) is 23.8. The van der Waals surface area contributed by atoms with Crippen LogP contribution in [-0.2, 0) is 0 Å². The number of hydrogen-bond donors (Lipinski definition) is 0. The van der Waals surface area contributed by atoms with Crippen LogP contribution in [0.3, 0.4) is 0 Å². The van der Waals surface area contributed by atoms with Gasteiger partial charge in [-0.3, -0.25) is 0 Å². The summed E-state index contributed by atoms with van der Waals surface area (Å²) >= 11 is 0. The zero-order chi connectivity index (χ0) is 34.2. The van der Waals surface area contributed by atoms with Crippen LogP contribution in [0.15, 0.2) is 43.0 Å². The Kier molecular flexibility index (Phi) is 27.9. The molecule has 0 aliphatic heterocycles. The minimum Gasteiger partial charge on any atom is -0.330 e. The van der Waals surface area contributed by atoms with Gasteiger partial charge in [-0.25, -0.2) is 4.98 Å². The van der Waals surface area contributed by atoms with Crippen molar-refractivity contribution in [1.29, 1.82) is 0 Å². The molecule has 2 atom stereocenters. The standard InChI is InChI=1S/C46H82N2/c1-4-7-9-11-13-15-17-19-20-21-22-23-25-27-29-31-33-37-43(36-32-30-28-26-24-18-16-14-12-10-8-5-2)44-38-34-35-39-45(44)46(6-3)48-41-40-47-42-48/h34-35,38-43,46H,4-33,36-37H2,1-3H3. The second kappa shape index (κ2) is 31.4. The summed E-state index contributed by atoms with van der Waals surface area (Å²) in [6.07, 6.45) is 51.7. The highest BCUT2D eigenvalue weighted by Gasteiger charge is 2.20. The Labute approximate surface area is 301 Å². The molecule has 0 spiro atoms. The summed E-state index contributed by atoms with van der Waals surface area (Å²) in [6.45, 7) is 6.95. The van der Waals surface area contributed by atoms with Crippen molar-refractivity contribution >= 4 is 0 Å². The largest absolute Gasteiger partial charge is 0.330 e. The molecular weight excluding hydrogens is 581 g/mol. The van der Waals surface area contributed by atoms with Gasteiger partial charge in [0.05, 0.1) is 12.4 Å². The maximum atomic E-state index is 4.39. The van der Waals surface area contributed by atoms with E-state index in [1.165, 1.54) is 205 Å². The van der Waals surface area contributed by atoms with Crippen LogP contribution >= 0.6 is 0 Å². The Bertz CT molecular complexity index is 918. The van der Waals surface area contributed by atoms with Crippen molar-refractivity contribution in [3.8, 4) is 0 Å². The molecule has 1 aromatic carbocycles. The predicted molar refractivity (Wildman–Crippen MR) is 214 cm³/mol. The van der Waals surface area contributed by atoms with Crippen LogP contribution in [0.5, 0.6) is 0 Å². The van der Waals surface area contributed by atoms with E-state index < -0.39 is 0 Å². The van der Waals surface area contributed by atoms with E-state index in [1.807, 2.05) is 12.5 Å². The SMILES string of the molecule is CCCCCCCCCCCCCCCCCCCC(CCCCCCCCCCCCCC)c1ccccc1C(CC)n1ccnc1. The second-order valence-corrected chi connectivity index (χ2v) is 15.4. The molecule has 1 heterocycles. The van der Waals surface area contributed by atoms with Gasteiger partial charge in [-0.15, -0.1) is 0 Å². The van der Waals surface area contributed by atoms with Gasteiger partial charge in [0.25, 0.3) is 0 Å². The minimum atomic E-state index is 0.392. The third-order valence-electron chi connectivity index (χ3n) is 11.1. The lowest BCUT2D eigenvalue weighted by molar-refractivity contribution is 0.471. The molecule has 0 amide bonds. The summed E-state index contributed by atoms with van der Waals surface area (Å²) < 4.78 is 2.33. The normalized spacial score (nSPS) is 12.9. The first-order valence-corrected chi connectivity index (χ1v) is 21.9. The molecule has 2 rings (SSSR count). The fraction of sp³-hybridized carbons (Fsp3) is 0.804. The van der Waals surface area contributed by atoms with Crippen LogP contribution in [0.4, 0.5) is 0 Å². The summed E-state index contributed by atoms with van der Waals surface area (Å²) in [6, 6.07) is 9.82. The van der Waals surface area contributed by atoms with Crippen molar-refractivity contribution in [3.05, 3.63) is 54.1 Å². The average Bonchev–Trinajstić information content (AvgIpc) is 3.64. The molecule has 2 unspecified atom stereocenters. The number of benzene rings is 1. The summed E-state index contributed by atoms with van der Waals surface area (Å²) in [5.41, 5.74) is 3.16. The topological polar surface area (TPSA) is 17.8 Å². The molecule has 0 radical (unpaired) electrons. The molecule has 2 aromatic rings. The quantitative estimate of drug-likeness (QED) is 0.0672. The lowest BCUT2D eigenvalue weighted by Crippen LogP contribution is -2.13. The van der Waals surface area contributed by atoms with Crippen molar-refractivity contribution in [2.24, 2.45) is 0 Å². The van der Waals surface area contributed by atoms with Crippen LogP contribution in [0.1, 0.15) is 249 Å². The molecule has 0 aliphatic rings. The molecule has 1 aromatic heterocycles. The summed E-state index contributed by atoms with van der Waals surface area (Å²) in [5.74, 6) is 0.693. The van der Waals surface area contributed by atoms with Gasteiger partial charge in [0.1, 0.15) is 0 Å².